The van der Waals surface area contributed by atoms with Crippen LogP contribution in [0.2, 0.25) is 5.02 Å². The molecular weight excluding hydrogens is 390 g/mol. The summed E-state index contributed by atoms with van der Waals surface area (Å²) in [5, 5.41) is 3.77. The third-order valence-electron chi connectivity index (χ3n) is 5.09. The van der Waals surface area contributed by atoms with E-state index >= 15 is 0 Å². The number of carbonyl (C=O) groups excluding carboxylic acids is 1. The fraction of sp³-hybridized carbons (Fsp3) is 0.545. The summed E-state index contributed by atoms with van der Waals surface area (Å²) < 4.78 is 11.2. The number of aryl methyl sites for hydroxylation is 1. The van der Waals surface area contributed by atoms with Crippen molar-refractivity contribution in [2.75, 3.05) is 32.8 Å². The van der Waals surface area contributed by atoms with Gasteiger partial charge in [0.1, 0.15) is 0 Å². The van der Waals surface area contributed by atoms with Gasteiger partial charge in [-0.15, -0.1) is 0 Å². The number of amides is 1. The Bertz CT molecular complexity index is 770. The van der Waals surface area contributed by atoms with Crippen LogP contribution in [0.4, 0.5) is 0 Å². The van der Waals surface area contributed by atoms with Crippen molar-refractivity contribution < 1.29 is 13.9 Å². The Labute approximate surface area is 177 Å². The van der Waals surface area contributed by atoms with Gasteiger partial charge in [-0.1, -0.05) is 25.4 Å². The molecule has 158 valence electrons. The van der Waals surface area contributed by atoms with E-state index in [1.54, 1.807) is 6.20 Å². The maximum atomic E-state index is 12.4. The second kappa shape index (κ2) is 10.8. The lowest BCUT2D eigenvalue weighted by Gasteiger charge is -2.35. The zero-order valence-corrected chi connectivity index (χ0v) is 18.0. The number of halogens is 1. The molecule has 1 aliphatic heterocycles. The first-order valence-electron chi connectivity index (χ1n) is 10.3. The third kappa shape index (κ3) is 6.84. The molecule has 1 unspecified atom stereocenters. The lowest BCUT2D eigenvalue weighted by Crippen LogP contribution is -2.49. The SMILES string of the molecule is CC(C)CC(CNC(=O)CCc1ncc(-c2ccc(Cl)cc2)o1)N1CCOCC1. The molecule has 0 spiro atoms. The second-order valence-electron chi connectivity index (χ2n) is 7.86. The van der Waals surface area contributed by atoms with Crippen molar-refractivity contribution in [3.05, 3.63) is 41.4 Å². The van der Waals surface area contributed by atoms with Gasteiger partial charge in [0.25, 0.3) is 0 Å². The maximum Gasteiger partial charge on any atom is 0.220 e. The lowest BCUT2D eigenvalue weighted by atomic mass is 10.0. The maximum absolute atomic E-state index is 12.4. The molecule has 2 heterocycles. The largest absolute Gasteiger partial charge is 0.441 e. The Hall–Kier alpha value is -1.89. The highest BCUT2D eigenvalue weighted by Crippen LogP contribution is 2.22. The van der Waals surface area contributed by atoms with Gasteiger partial charge in [-0.05, 0) is 36.6 Å². The van der Waals surface area contributed by atoms with E-state index in [0.717, 1.165) is 38.3 Å². The molecule has 6 nitrogen and oxygen atoms in total. The number of nitrogens with one attached hydrogen (secondary N) is 1. The molecule has 1 amide bonds. The molecule has 0 radical (unpaired) electrons. The summed E-state index contributed by atoms with van der Waals surface area (Å²) >= 11 is 5.92. The first-order valence-corrected chi connectivity index (χ1v) is 10.7. The van der Waals surface area contributed by atoms with Crippen molar-refractivity contribution in [2.24, 2.45) is 5.92 Å². The number of aromatic nitrogens is 1. The molecule has 1 N–H and O–H groups in total. The topological polar surface area (TPSA) is 67.6 Å². The highest BCUT2D eigenvalue weighted by Gasteiger charge is 2.22. The van der Waals surface area contributed by atoms with Crippen LogP contribution in [0.15, 0.2) is 34.9 Å². The quantitative estimate of drug-likeness (QED) is 0.669. The lowest BCUT2D eigenvalue weighted by molar-refractivity contribution is -0.121. The van der Waals surface area contributed by atoms with Crippen LogP contribution in [0, 0.1) is 5.92 Å². The molecule has 1 saturated heterocycles. The summed E-state index contributed by atoms with van der Waals surface area (Å²) in [6.07, 6.45) is 3.59. The van der Waals surface area contributed by atoms with Crippen LogP contribution in [0.25, 0.3) is 11.3 Å². The van der Waals surface area contributed by atoms with E-state index in [1.807, 2.05) is 24.3 Å². The summed E-state index contributed by atoms with van der Waals surface area (Å²) in [4.78, 5) is 19.1. The van der Waals surface area contributed by atoms with Crippen LogP contribution in [0.5, 0.6) is 0 Å². The first kappa shape index (κ1) is 21.8. The summed E-state index contributed by atoms with van der Waals surface area (Å²) in [5.41, 5.74) is 0.916. The molecule has 2 aromatic rings. The van der Waals surface area contributed by atoms with Gasteiger partial charge >= 0.3 is 0 Å². The molecule has 7 heteroatoms. The molecule has 0 saturated carbocycles. The predicted molar refractivity (Wildman–Crippen MR) is 114 cm³/mol. The van der Waals surface area contributed by atoms with E-state index in [4.69, 9.17) is 20.8 Å². The van der Waals surface area contributed by atoms with Gasteiger partial charge in [0.05, 0.1) is 19.4 Å². The highest BCUT2D eigenvalue weighted by molar-refractivity contribution is 6.30. The Kier molecular flexibility index (Phi) is 8.09. The molecule has 1 fully saturated rings. The fourth-order valence-corrected chi connectivity index (χ4v) is 3.69. The zero-order valence-electron chi connectivity index (χ0n) is 17.2. The van der Waals surface area contributed by atoms with Crippen molar-refractivity contribution in [2.45, 2.75) is 39.2 Å². The van der Waals surface area contributed by atoms with Crippen molar-refractivity contribution in [1.29, 1.82) is 0 Å². The average molecular weight is 420 g/mol. The number of benzene rings is 1. The molecule has 1 atom stereocenters. The normalized spacial score (nSPS) is 16.1. The molecule has 1 aromatic heterocycles. The Morgan fingerprint density at radius 1 is 1.24 bits per heavy atom. The smallest absolute Gasteiger partial charge is 0.220 e. The summed E-state index contributed by atoms with van der Waals surface area (Å²) in [5.74, 6) is 1.86. The Balaban J connectivity index is 1.47. The second-order valence-corrected chi connectivity index (χ2v) is 8.30. The van der Waals surface area contributed by atoms with Crippen molar-refractivity contribution in [3.8, 4) is 11.3 Å². The first-order chi connectivity index (χ1) is 14.0. The Morgan fingerprint density at radius 2 is 1.97 bits per heavy atom. The van der Waals surface area contributed by atoms with E-state index in [2.05, 4.69) is 29.0 Å². The average Bonchev–Trinajstić information content (AvgIpc) is 3.19. The van der Waals surface area contributed by atoms with Gasteiger partial charge in [0, 0.05) is 49.1 Å². The molecule has 1 aliphatic rings. The van der Waals surface area contributed by atoms with E-state index in [-0.39, 0.29) is 5.91 Å². The van der Waals surface area contributed by atoms with Crippen LogP contribution >= 0.6 is 11.6 Å². The number of nitrogens with zero attached hydrogens (tertiary/aromatic N) is 2. The number of carbonyl (C=O) groups is 1. The van der Waals surface area contributed by atoms with Gasteiger partial charge in [-0.25, -0.2) is 4.98 Å². The van der Waals surface area contributed by atoms with Crippen molar-refractivity contribution in [3.63, 3.8) is 0 Å². The van der Waals surface area contributed by atoms with Gasteiger partial charge in [0.2, 0.25) is 5.91 Å². The molecule has 3 rings (SSSR count). The molecule has 29 heavy (non-hydrogen) atoms. The van der Waals surface area contributed by atoms with Gasteiger partial charge in [-0.2, -0.15) is 0 Å². The number of hydrogen-bond acceptors (Lipinski definition) is 5. The van der Waals surface area contributed by atoms with Crippen LogP contribution < -0.4 is 5.32 Å². The standard InChI is InChI=1S/C22H30ClN3O3/c1-16(2)13-19(26-9-11-28-12-10-26)14-24-21(27)7-8-22-25-15-20(29-22)17-3-5-18(23)6-4-17/h3-6,15-16,19H,7-14H2,1-2H3,(H,24,27). The third-order valence-corrected chi connectivity index (χ3v) is 5.34. The predicted octanol–water partition coefficient (Wildman–Crippen LogP) is 3.79. The van der Waals surface area contributed by atoms with Crippen LogP contribution in [-0.2, 0) is 16.0 Å². The number of oxazole rings is 1. The van der Waals surface area contributed by atoms with Crippen molar-refractivity contribution >= 4 is 17.5 Å². The monoisotopic (exact) mass is 419 g/mol. The molecule has 0 bridgehead atoms. The van der Waals surface area contributed by atoms with Gasteiger partial charge in [-0.3, -0.25) is 9.69 Å². The van der Waals surface area contributed by atoms with Gasteiger partial charge < -0.3 is 14.5 Å². The summed E-state index contributed by atoms with van der Waals surface area (Å²) in [7, 11) is 0. The molecule has 0 aliphatic carbocycles. The zero-order chi connectivity index (χ0) is 20.6. The summed E-state index contributed by atoms with van der Waals surface area (Å²) in [6.45, 7) is 8.49. The summed E-state index contributed by atoms with van der Waals surface area (Å²) in [6, 6.07) is 7.75. The minimum Gasteiger partial charge on any atom is -0.441 e. The van der Waals surface area contributed by atoms with E-state index in [9.17, 15) is 4.79 Å². The van der Waals surface area contributed by atoms with Crippen LogP contribution in [0.3, 0.4) is 0 Å². The molecular formula is C22H30ClN3O3. The number of morpholine rings is 1. The molecule has 1 aromatic carbocycles. The number of rotatable bonds is 9. The highest BCUT2D eigenvalue weighted by atomic mass is 35.5. The minimum absolute atomic E-state index is 0.0262. The van der Waals surface area contributed by atoms with Gasteiger partial charge in [0.15, 0.2) is 11.7 Å². The van der Waals surface area contributed by atoms with E-state index in [0.29, 0.717) is 48.0 Å². The number of hydrogen-bond donors (Lipinski definition) is 1. The number of ether oxygens (including phenoxy) is 1. The van der Waals surface area contributed by atoms with Crippen LogP contribution in [-0.4, -0.2) is 54.7 Å². The van der Waals surface area contributed by atoms with Crippen LogP contribution in [0.1, 0.15) is 32.6 Å². The Morgan fingerprint density at radius 3 is 2.66 bits per heavy atom. The fourth-order valence-electron chi connectivity index (χ4n) is 3.56. The van der Waals surface area contributed by atoms with E-state index < -0.39 is 0 Å². The minimum atomic E-state index is 0.0262. The van der Waals surface area contributed by atoms with Crippen molar-refractivity contribution in [1.82, 2.24) is 15.2 Å². The van der Waals surface area contributed by atoms with E-state index in [1.165, 1.54) is 0 Å².